The number of nitrogens with one attached hydrogen (secondary N) is 3. The molecule has 1 aliphatic heterocycles. The summed E-state index contributed by atoms with van der Waals surface area (Å²) in [5.74, 6) is -2.88. The summed E-state index contributed by atoms with van der Waals surface area (Å²) in [5, 5.41) is 16.3. The SMILES string of the molecule is C=CCCC(NC(=O)[C@@H]1C2C(CN1C(=O)[C@@H](NC(=O)OC(C)(C)C)C(C)(C)C)C2(C)C)C(=O)C(=O)NCC#N. The lowest BCUT2D eigenvalue weighted by molar-refractivity contribution is -0.145. The smallest absolute Gasteiger partial charge is 0.408 e. The fourth-order valence-corrected chi connectivity index (χ4v) is 5.23. The van der Waals surface area contributed by atoms with Gasteiger partial charge in [-0.15, -0.1) is 6.58 Å². The predicted octanol–water partition coefficient (Wildman–Crippen LogP) is 2.07. The highest BCUT2D eigenvalue weighted by Crippen LogP contribution is 2.65. The topological polar surface area (TPSA) is 158 Å². The van der Waals surface area contributed by atoms with Crippen LogP contribution in [0.3, 0.4) is 0 Å². The van der Waals surface area contributed by atoms with E-state index in [-0.39, 0.29) is 30.2 Å². The van der Waals surface area contributed by atoms with Crippen LogP contribution < -0.4 is 16.0 Å². The molecule has 0 aromatic rings. The number of fused-ring (bicyclic) bond motifs is 1. The molecule has 0 spiro atoms. The number of hydrogen-bond donors (Lipinski definition) is 3. The molecule has 3 N–H and O–H groups in total. The minimum Gasteiger partial charge on any atom is -0.444 e. The highest BCUT2D eigenvalue weighted by atomic mass is 16.6. The zero-order valence-corrected chi connectivity index (χ0v) is 24.3. The molecule has 216 valence electrons. The first-order valence-corrected chi connectivity index (χ1v) is 13.3. The van der Waals surface area contributed by atoms with Crippen molar-refractivity contribution in [3.05, 3.63) is 12.7 Å². The Morgan fingerprint density at radius 1 is 1.13 bits per heavy atom. The van der Waals surface area contributed by atoms with E-state index in [4.69, 9.17) is 10.00 Å². The number of ether oxygens (including phenoxy) is 1. The molecule has 0 aromatic heterocycles. The van der Waals surface area contributed by atoms with E-state index < -0.39 is 58.7 Å². The molecule has 0 aromatic carbocycles. The number of rotatable bonds is 10. The van der Waals surface area contributed by atoms with E-state index in [1.54, 1.807) is 32.9 Å². The molecule has 0 radical (unpaired) electrons. The number of nitriles is 1. The Kier molecular flexibility index (Phi) is 9.59. The van der Waals surface area contributed by atoms with Crippen LogP contribution in [0.15, 0.2) is 12.7 Å². The van der Waals surface area contributed by atoms with Crippen LogP contribution in [0.2, 0.25) is 0 Å². The monoisotopic (exact) mass is 545 g/mol. The molecule has 1 saturated heterocycles. The van der Waals surface area contributed by atoms with Gasteiger partial charge in [-0.2, -0.15) is 5.26 Å². The maximum absolute atomic E-state index is 13.9. The van der Waals surface area contributed by atoms with Gasteiger partial charge in [-0.1, -0.05) is 40.7 Å². The summed E-state index contributed by atoms with van der Waals surface area (Å²) < 4.78 is 5.38. The summed E-state index contributed by atoms with van der Waals surface area (Å²) in [6, 6.07) is -1.27. The van der Waals surface area contributed by atoms with E-state index in [2.05, 4.69) is 22.5 Å². The predicted molar refractivity (Wildman–Crippen MR) is 144 cm³/mol. The normalized spacial score (nSPS) is 22.8. The van der Waals surface area contributed by atoms with Crippen molar-refractivity contribution in [2.75, 3.05) is 13.1 Å². The average molecular weight is 546 g/mol. The number of piperidine rings is 1. The van der Waals surface area contributed by atoms with Crippen LogP contribution in [-0.4, -0.2) is 71.3 Å². The molecule has 39 heavy (non-hydrogen) atoms. The molecule has 3 unspecified atom stereocenters. The van der Waals surface area contributed by atoms with Crippen LogP contribution in [0.5, 0.6) is 0 Å². The Morgan fingerprint density at radius 2 is 1.74 bits per heavy atom. The second kappa shape index (κ2) is 11.8. The van der Waals surface area contributed by atoms with Crippen molar-refractivity contribution < 1.29 is 28.7 Å². The Morgan fingerprint density at radius 3 is 2.26 bits per heavy atom. The fourth-order valence-electron chi connectivity index (χ4n) is 5.23. The minimum absolute atomic E-state index is 0.0700. The van der Waals surface area contributed by atoms with Gasteiger partial charge in [0.1, 0.15) is 24.2 Å². The summed E-state index contributed by atoms with van der Waals surface area (Å²) >= 11 is 0. The van der Waals surface area contributed by atoms with Crippen molar-refractivity contribution in [3.8, 4) is 6.07 Å². The molecule has 1 saturated carbocycles. The van der Waals surface area contributed by atoms with E-state index in [9.17, 15) is 24.0 Å². The average Bonchev–Trinajstić information content (AvgIpc) is 3.14. The van der Waals surface area contributed by atoms with Gasteiger partial charge in [0.25, 0.3) is 5.91 Å². The number of nitrogens with zero attached hydrogens (tertiary/aromatic N) is 2. The van der Waals surface area contributed by atoms with Crippen molar-refractivity contribution in [2.24, 2.45) is 22.7 Å². The van der Waals surface area contributed by atoms with E-state index in [1.165, 1.54) is 4.90 Å². The molecule has 11 nitrogen and oxygen atoms in total. The molecule has 11 heteroatoms. The van der Waals surface area contributed by atoms with Crippen molar-refractivity contribution in [1.82, 2.24) is 20.9 Å². The largest absolute Gasteiger partial charge is 0.444 e. The Balaban J connectivity index is 2.32. The van der Waals surface area contributed by atoms with Gasteiger partial charge in [-0.3, -0.25) is 19.2 Å². The summed E-state index contributed by atoms with van der Waals surface area (Å²) in [6.07, 6.45) is 1.33. The van der Waals surface area contributed by atoms with E-state index >= 15 is 0 Å². The van der Waals surface area contributed by atoms with Crippen molar-refractivity contribution in [1.29, 1.82) is 5.26 Å². The van der Waals surface area contributed by atoms with E-state index in [0.29, 0.717) is 13.0 Å². The number of amides is 4. The maximum atomic E-state index is 13.9. The first-order valence-electron chi connectivity index (χ1n) is 13.3. The van der Waals surface area contributed by atoms with Crippen LogP contribution in [0.25, 0.3) is 0 Å². The van der Waals surface area contributed by atoms with Crippen LogP contribution in [0, 0.1) is 34.0 Å². The second-order valence-corrected chi connectivity index (χ2v) is 13.0. The quantitative estimate of drug-likeness (QED) is 0.215. The number of alkyl carbamates (subject to hydrolysis) is 1. The summed E-state index contributed by atoms with van der Waals surface area (Å²) in [6.45, 7) is 18.3. The lowest BCUT2D eigenvalue weighted by atomic mass is 9.85. The van der Waals surface area contributed by atoms with Crippen molar-refractivity contribution in [3.63, 3.8) is 0 Å². The zero-order chi connectivity index (χ0) is 29.9. The van der Waals surface area contributed by atoms with Gasteiger partial charge in [0.05, 0.1) is 12.1 Å². The number of carbonyl (C=O) groups excluding carboxylic acids is 5. The molecule has 2 aliphatic rings. The molecule has 0 bridgehead atoms. The molecule has 1 aliphatic carbocycles. The highest BCUT2D eigenvalue weighted by molar-refractivity contribution is 6.38. The van der Waals surface area contributed by atoms with Crippen molar-refractivity contribution >= 4 is 29.6 Å². The lowest BCUT2D eigenvalue weighted by Gasteiger charge is -2.38. The molecule has 5 atom stereocenters. The van der Waals surface area contributed by atoms with Crippen LogP contribution >= 0.6 is 0 Å². The van der Waals surface area contributed by atoms with Gasteiger partial charge >= 0.3 is 6.09 Å². The van der Waals surface area contributed by atoms with Gasteiger partial charge < -0.3 is 25.6 Å². The molecule has 2 fully saturated rings. The number of hydrogen-bond acceptors (Lipinski definition) is 7. The van der Waals surface area contributed by atoms with Crippen LogP contribution in [-0.2, 0) is 23.9 Å². The summed E-state index contributed by atoms with van der Waals surface area (Å²) in [4.78, 5) is 66.7. The minimum atomic E-state index is -1.15. The van der Waals surface area contributed by atoms with E-state index in [1.807, 2.05) is 34.6 Å². The molecule has 4 amide bonds. The van der Waals surface area contributed by atoms with Gasteiger partial charge in [0, 0.05) is 6.54 Å². The third-order valence-corrected chi connectivity index (χ3v) is 7.38. The third kappa shape index (κ3) is 7.58. The highest BCUT2D eigenvalue weighted by Gasteiger charge is 2.70. The summed E-state index contributed by atoms with van der Waals surface area (Å²) in [5.41, 5.74) is -1.65. The second-order valence-electron chi connectivity index (χ2n) is 13.0. The number of ketones is 1. The Labute approximate surface area is 231 Å². The molecule has 2 rings (SSSR count). The molecular weight excluding hydrogens is 502 g/mol. The maximum Gasteiger partial charge on any atom is 0.408 e. The number of likely N-dealkylation sites (tertiary alicyclic amines) is 1. The number of allylic oxidation sites excluding steroid dienone is 1. The van der Waals surface area contributed by atoms with Crippen LogP contribution in [0.1, 0.15) is 68.2 Å². The van der Waals surface area contributed by atoms with Crippen molar-refractivity contribution in [2.45, 2.75) is 92.0 Å². The standard InChI is InChI=1S/C28H43N5O6/c1-10-11-12-17(20(34)23(36)30-14-13-29)31-22(35)19-18-16(28(18,8)9)15-33(19)24(37)21(26(2,3)4)32-25(38)39-27(5,6)7/h10,16-19,21H,1,11-12,14-15H2,2-9H3,(H,30,36)(H,31,35)(H,32,38)/t16?,17?,18?,19-,21+/m0/s1. The molecular formula is C28H43N5O6. The fraction of sp³-hybridized carbons (Fsp3) is 0.714. The van der Waals surface area contributed by atoms with Gasteiger partial charge in [-0.05, 0) is 56.3 Å². The van der Waals surface area contributed by atoms with E-state index in [0.717, 1.165) is 0 Å². The third-order valence-electron chi connectivity index (χ3n) is 7.38. The Hall–Kier alpha value is -3.42. The zero-order valence-electron chi connectivity index (χ0n) is 24.3. The molecule has 1 heterocycles. The first-order chi connectivity index (χ1) is 17.9. The van der Waals surface area contributed by atoms with Gasteiger partial charge in [0.15, 0.2) is 0 Å². The summed E-state index contributed by atoms with van der Waals surface area (Å²) in [7, 11) is 0. The first kappa shape index (κ1) is 31.8. The van der Waals surface area contributed by atoms with Crippen LogP contribution in [0.4, 0.5) is 4.79 Å². The van der Waals surface area contributed by atoms with Gasteiger partial charge in [0.2, 0.25) is 17.6 Å². The number of carbonyl (C=O) groups is 5. The number of Topliss-reactive ketones (excluding diaryl/α,β-unsaturated/α-hetero) is 1. The lowest BCUT2D eigenvalue weighted by Crippen LogP contribution is -2.60. The van der Waals surface area contributed by atoms with Gasteiger partial charge in [-0.25, -0.2) is 4.79 Å². The Bertz CT molecular complexity index is 1050.